The van der Waals surface area contributed by atoms with E-state index in [0.29, 0.717) is 52.5 Å². The van der Waals surface area contributed by atoms with Gasteiger partial charge in [-0.15, -0.1) is 0 Å². The molecule has 3 aromatic carbocycles. The van der Waals surface area contributed by atoms with E-state index in [9.17, 15) is 59.4 Å². The Labute approximate surface area is 404 Å². The summed E-state index contributed by atoms with van der Waals surface area (Å²) in [4.78, 5) is 82.1. The van der Waals surface area contributed by atoms with E-state index >= 15 is 0 Å². The van der Waals surface area contributed by atoms with Crippen molar-refractivity contribution in [3.05, 3.63) is 69.8 Å². The number of carbonyl (C=O) groups excluding carboxylic acids is 6. The number of unbranched alkanes of at least 4 members (excludes halogenated alkanes) is 2. The molecule has 14 N–H and O–H groups in total. The Morgan fingerprint density at radius 2 is 0.886 bits per heavy atom. The number of hydrogen-bond acceptors (Lipinski definition) is 18. The van der Waals surface area contributed by atoms with Crippen molar-refractivity contribution >= 4 is 35.4 Å². The minimum atomic E-state index is -0.835. The molecule has 0 fully saturated rings. The summed E-state index contributed by atoms with van der Waals surface area (Å²) in [6.45, 7) is 3.54. The zero-order chi connectivity index (χ0) is 51.0. The highest BCUT2D eigenvalue weighted by Crippen LogP contribution is 2.35. The van der Waals surface area contributed by atoms with Crippen molar-refractivity contribution in [1.29, 1.82) is 0 Å². The van der Waals surface area contributed by atoms with Crippen molar-refractivity contribution < 1.29 is 73.6 Å². The molecule has 70 heavy (non-hydrogen) atoms. The number of phenolic OH excluding ortho intramolecular Hbond substituents is 6. The molecule has 4 aliphatic rings. The number of nitrogens with zero attached hydrogens (tertiary/aromatic N) is 2. The molecule has 4 bridgehead atoms. The average molecular weight is 984 g/mol. The molecule has 0 spiro atoms. The first-order valence-electron chi connectivity index (χ1n) is 22.8. The molecular formula is C46H65N9O15. The summed E-state index contributed by atoms with van der Waals surface area (Å²) in [5.74, 6) is -9.44. The summed E-state index contributed by atoms with van der Waals surface area (Å²) in [5, 5.41) is 80.2. The summed E-state index contributed by atoms with van der Waals surface area (Å²) in [5.41, 5.74) is 3.68. The third-order valence-electron chi connectivity index (χ3n) is 11.0. The molecule has 4 aliphatic heterocycles. The summed E-state index contributed by atoms with van der Waals surface area (Å²) in [6, 6.07) is 7.10. The van der Waals surface area contributed by atoms with Gasteiger partial charge in [-0.25, -0.2) is 0 Å². The average Bonchev–Trinajstić information content (AvgIpc) is 3.33. The smallest absolute Gasteiger partial charge is 0.255 e. The van der Waals surface area contributed by atoms with Gasteiger partial charge in [-0.2, -0.15) is 0 Å². The van der Waals surface area contributed by atoms with Crippen LogP contribution in [0.5, 0.6) is 34.5 Å². The second-order valence-corrected chi connectivity index (χ2v) is 15.9. The first-order valence-corrected chi connectivity index (χ1v) is 22.8. The zero-order valence-electron chi connectivity index (χ0n) is 39.1. The molecule has 6 amide bonds. The number of nitrogens with one attached hydrogen (secondary N) is 6. The fraction of sp³-hybridized carbons (Fsp3) is 0.478. The lowest BCUT2D eigenvalue weighted by atomic mass is 10.1. The van der Waals surface area contributed by atoms with Crippen LogP contribution in [0.15, 0.2) is 36.4 Å². The molecule has 3 aromatic rings. The molecule has 0 aliphatic carbocycles. The SMILES string of the molecule is COCCOCCOCCN1CCNC(=O)c2ccc(c(O)c2O)C(=O)NCCN(CCNC(=O)c2ccc(C(=O)NCCCCCN)c(O)c2O)CCNC(=O)c2ccc(c(O)c2O)C(=O)NCC1. The van der Waals surface area contributed by atoms with Crippen LogP contribution in [0.2, 0.25) is 0 Å². The van der Waals surface area contributed by atoms with Gasteiger partial charge in [0.05, 0.1) is 66.4 Å². The highest BCUT2D eigenvalue weighted by atomic mass is 16.5. The van der Waals surface area contributed by atoms with Crippen molar-refractivity contribution in [2.24, 2.45) is 5.73 Å². The van der Waals surface area contributed by atoms with Gasteiger partial charge in [-0.3, -0.25) is 38.6 Å². The molecule has 7 rings (SSSR count). The predicted molar refractivity (Wildman–Crippen MR) is 253 cm³/mol. The fourth-order valence-corrected chi connectivity index (χ4v) is 7.02. The van der Waals surface area contributed by atoms with Crippen LogP contribution in [0.25, 0.3) is 0 Å². The second kappa shape index (κ2) is 29.2. The highest BCUT2D eigenvalue weighted by Gasteiger charge is 2.25. The number of methoxy groups -OCH3 is 1. The van der Waals surface area contributed by atoms with Crippen molar-refractivity contribution in [2.75, 3.05) is 125 Å². The Morgan fingerprint density at radius 1 is 0.514 bits per heavy atom. The molecule has 0 unspecified atom stereocenters. The molecular weight excluding hydrogens is 919 g/mol. The van der Waals surface area contributed by atoms with Gasteiger partial charge in [0.25, 0.3) is 35.4 Å². The molecule has 4 heterocycles. The number of amides is 6. The largest absolute Gasteiger partial charge is 0.504 e. The van der Waals surface area contributed by atoms with E-state index in [1.165, 1.54) is 36.4 Å². The first kappa shape index (κ1) is 55.6. The maximum Gasteiger partial charge on any atom is 0.255 e. The zero-order valence-corrected chi connectivity index (χ0v) is 39.1. The second-order valence-electron chi connectivity index (χ2n) is 15.9. The van der Waals surface area contributed by atoms with Gasteiger partial charge < -0.3 is 82.5 Å². The number of hydrogen-bond donors (Lipinski definition) is 13. The summed E-state index contributed by atoms with van der Waals surface area (Å²) in [6.07, 6.45) is 2.24. The normalized spacial score (nSPS) is 14.9. The number of benzene rings is 3. The molecule has 24 heteroatoms. The lowest BCUT2D eigenvalue weighted by molar-refractivity contribution is 0.0196. The Bertz CT molecular complexity index is 2170. The van der Waals surface area contributed by atoms with Crippen LogP contribution < -0.4 is 37.6 Å². The molecule has 0 saturated carbocycles. The lowest BCUT2D eigenvalue weighted by Gasteiger charge is -2.23. The van der Waals surface area contributed by atoms with E-state index in [2.05, 4.69) is 31.9 Å². The van der Waals surface area contributed by atoms with Gasteiger partial charge in [0.15, 0.2) is 34.5 Å². The molecule has 384 valence electrons. The minimum Gasteiger partial charge on any atom is -0.504 e. The van der Waals surface area contributed by atoms with E-state index in [1.807, 2.05) is 4.90 Å². The quantitative estimate of drug-likeness (QED) is 0.0513. The van der Waals surface area contributed by atoms with Crippen LogP contribution in [-0.4, -0.2) is 201 Å². The first-order chi connectivity index (χ1) is 33.7. The lowest BCUT2D eigenvalue weighted by Crippen LogP contribution is -2.43. The van der Waals surface area contributed by atoms with Gasteiger partial charge >= 0.3 is 0 Å². The summed E-state index contributed by atoms with van der Waals surface area (Å²) >= 11 is 0. The van der Waals surface area contributed by atoms with Crippen LogP contribution in [0.1, 0.15) is 81.4 Å². The Hall–Kier alpha value is -6.96. The van der Waals surface area contributed by atoms with E-state index in [1.54, 1.807) is 12.0 Å². The van der Waals surface area contributed by atoms with Crippen LogP contribution in [-0.2, 0) is 14.2 Å². The summed E-state index contributed by atoms with van der Waals surface area (Å²) < 4.78 is 16.0. The third kappa shape index (κ3) is 16.6. The maximum absolute atomic E-state index is 13.2. The highest BCUT2D eigenvalue weighted by molar-refractivity contribution is 6.04. The van der Waals surface area contributed by atoms with Gasteiger partial charge in [-0.1, -0.05) is 6.42 Å². The predicted octanol–water partition coefficient (Wildman–Crippen LogP) is -0.874. The summed E-state index contributed by atoms with van der Waals surface area (Å²) in [7, 11) is 1.56. The van der Waals surface area contributed by atoms with Gasteiger partial charge in [0.1, 0.15) is 0 Å². The van der Waals surface area contributed by atoms with E-state index in [4.69, 9.17) is 19.9 Å². The minimum absolute atomic E-state index is 0.0454. The molecule has 0 atom stereocenters. The molecule has 24 nitrogen and oxygen atoms in total. The molecule has 0 saturated heterocycles. The Kier molecular flexibility index (Phi) is 23.2. The number of nitrogens with two attached hydrogens (primary N) is 1. The molecule has 0 radical (unpaired) electrons. The van der Waals surface area contributed by atoms with Gasteiger partial charge in [0, 0.05) is 85.6 Å². The standard InChI is InChI=1S/C46H65N9O15/c1-68-25-26-70-28-27-69-24-23-55-21-16-52-45(66)33-9-7-31(37(58)39(33)60)43(64)50-14-19-54(20-15-51-44(65)32-8-10-34(40(61)38(32)59)46(67)53-17-22-55)18-13-49-42(63)30-6-5-29(35(56)36(30)57)41(62)48-12-4-2-3-11-47/h5-10,56-61H,2-4,11-28,47H2,1H3,(H,48,62)(H,49,63)(H,50,64)(H,51,65)(H,52,66)(H,53,67). The number of aromatic hydroxyl groups is 6. The number of carbonyl (C=O) groups is 6. The van der Waals surface area contributed by atoms with Gasteiger partial charge in [0.2, 0.25) is 0 Å². The fourth-order valence-electron chi connectivity index (χ4n) is 7.02. The Morgan fingerprint density at radius 3 is 1.29 bits per heavy atom. The maximum atomic E-state index is 13.2. The van der Waals surface area contributed by atoms with Crippen LogP contribution in [0.3, 0.4) is 0 Å². The Balaban J connectivity index is 1.46. The number of ether oxygens (including phenoxy) is 3. The topological polar surface area (TPSA) is 356 Å². The molecule has 0 aromatic heterocycles. The van der Waals surface area contributed by atoms with E-state index in [-0.39, 0.29) is 105 Å². The van der Waals surface area contributed by atoms with Crippen molar-refractivity contribution in [3.8, 4) is 34.5 Å². The monoisotopic (exact) mass is 983 g/mol. The number of phenols is 6. The van der Waals surface area contributed by atoms with Gasteiger partial charge in [-0.05, 0) is 55.8 Å². The van der Waals surface area contributed by atoms with Crippen LogP contribution in [0.4, 0.5) is 0 Å². The van der Waals surface area contributed by atoms with E-state index in [0.717, 1.165) is 12.8 Å². The van der Waals surface area contributed by atoms with Crippen LogP contribution >= 0.6 is 0 Å². The van der Waals surface area contributed by atoms with Crippen LogP contribution in [0, 0.1) is 0 Å². The van der Waals surface area contributed by atoms with Crippen molar-refractivity contribution in [1.82, 2.24) is 41.7 Å². The number of rotatable bonds is 19. The van der Waals surface area contributed by atoms with E-state index < -0.39 is 69.9 Å². The van der Waals surface area contributed by atoms with Crippen molar-refractivity contribution in [3.63, 3.8) is 0 Å². The van der Waals surface area contributed by atoms with Crippen molar-refractivity contribution in [2.45, 2.75) is 19.3 Å². The third-order valence-corrected chi connectivity index (χ3v) is 11.0.